The van der Waals surface area contributed by atoms with Crippen LogP contribution in [0, 0.1) is 0 Å². The van der Waals surface area contributed by atoms with Gasteiger partial charge in [-0.3, -0.25) is 5.10 Å². The highest BCUT2D eigenvalue weighted by Crippen LogP contribution is 2.34. The summed E-state index contributed by atoms with van der Waals surface area (Å²) in [6, 6.07) is 0. The number of aromatic amines is 1. The number of nitrogens with one attached hydrogen (secondary N) is 2. The van der Waals surface area contributed by atoms with E-state index >= 15 is 0 Å². The van der Waals surface area contributed by atoms with Crippen LogP contribution in [0.4, 0.5) is 0 Å². The molecular formula is C43H69N9. The Morgan fingerprint density at radius 3 is 1.38 bits per heavy atom. The summed E-state index contributed by atoms with van der Waals surface area (Å²) in [7, 11) is 0. The first-order valence-electron chi connectivity index (χ1n) is 19.3. The fourth-order valence-electron chi connectivity index (χ4n) is 6.43. The van der Waals surface area contributed by atoms with Gasteiger partial charge in [0.05, 0.1) is 34.4 Å². The Morgan fingerprint density at radius 2 is 0.904 bits per heavy atom. The molecule has 9 nitrogen and oxygen atoms in total. The third-order valence-corrected chi connectivity index (χ3v) is 9.32. The Labute approximate surface area is 314 Å². The fraction of sp³-hybridized carbons (Fsp3) is 0.698. The van der Waals surface area contributed by atoms with Gasteiger partial charge in [0, 0.05) is 63.3 Å². The second-order valence-electron chi connectivity index (χ2n) is 21.0. The molecule has 0 atom stereocenters. The first-order valence-corrected chi connectivity index (χ1v) is 19.3. The molecule has 4 aromatic rings. The third-order valence-electron chi connectivity index (χ3n) is 9.32. The highest BCUT2D eigenvalue weighted by Gasteiger charge is 2.31. The second-order valence-corrected chi connectivity index (χ2v) is 21.0. The van der Waals surface area contributed by atoms with Gasteiger partial charge in [-0.05, 0) is 24.8 Å². The number of hydrogen-bond acceptors (Lipinski definition) is 8. The van der Waals surface area contributed by atoms with Crippen LogP contribution in [0.15, 0.2) is 6.20 Å². The van der Waals surface area contributed by atoms with E-state index in [1.807, 2.05) is 6.20 Å². The summed E-state index contributed by atoms with van der Waals surface area (Å²) in [5.41, 5.74) is 9.84. The molecule has 6 rings (SSSR count). The molecule has 0 saturated heterocycles. The molecule has 0 fully saturated rings. The standard InChI is InChI=1S/C15H25N3.C15H24N2.C13H20N4/c1-14(2,3)12-10-9-16-8-7-11(10)17-13(18-12)15(4,5)6;1-14(2,3)12-10-8-7-9-11(10)16-13(17-12)15(4,5)6;1-12(2,3)9-8-7-14-17-10(8)16-11(15-9)13(4,5)6/h16H,7-9H2,1-6H3;7-9H2,1-6H3;7H,1-6H3,(H,14,15,16,17). The average Bonchev–Trinajstić information content (AvgIpc) is 3.67. The zero-order chi connectivity index (χ0) is 39.2. The average molecular weight is 712 g/mol. The number of aryl methyl sites for hydroxylation is 1. The molecule has 52 heavy (non-hydrogen) atoms. The van der Waals surface area contributed by atoms with Crippen LogP contribution in [0.3, 0.4) is 0 Å². The third kappa shape index (κ3) is 9.80. The summed E-state index contributed by atoms with van der Waals surface area (Å²) in [6.45, 7) is 41.4. The van der Waals surface area contributed by atoms with E-state index in [2.05, 4.69) is 145 Å². The maximum absolute atomic E-state index is 4.88. The van der Waals surface area contributed by atoms with Gasteiger partial charge in [-0.15, -0.1) is 0 Å². The Morgan fingerprint density at radius 1 is 0.462 bits per heavy atom. The van der Waals surface area contributed by atoms with Crippen molar-refractivity contribution in [2.24, 2.45) is 0 Å². The molecule has 0 amide bonds. The molecule has 2 aliphatic rings. The normalized spacial score (nSPS) is 15.3. The maximum Gasteiger partial charge on any atom is 0.159 e. The summed E-state index contributed by atoms with van der Waals surface area (Å²) in [6.07, 6.45) is 6.35. The van der Waals surface area contributed by atoms with Crippen molar-refractivity contribution in [3.05, 3.63) is 63.3 Å². The van der Waals surface area contributed by atoms with E-state index in [4.69, 9.17) is 24.9 Å². The highest BCUT2D eigenvalue weighted by atomic mass is 15.1. The molecule has 286 valence electrons. The van der Waals surface area contributed by atoms with E-state index in [9.17, 15) is 0 Å². The van der Waals surface area contributed by atoms with Gasteiger partial charge in [0.2, 0.25) is 0 Å². The van der Waals surface area contributed by atoms with Crippen LogP contribution in [0.2, 0.25) is 0 Å². The Kier molecular flexibility index (Phi) is 11.5. The van der Waals surface area contributed by atoms with Gasteiger partial charge < -0.3 is 5.32 Å². The molecule has 0 saturated carbocycles. The fourth-order valence-corrected chi connectivity index (χ4v) is 6.43. The van der Waals surface area contributed by atoms with Gasteiger partial charge in [-0.2, -0.15) is 5.10 Å². The highest BCUT2D eigenvalue weighted by molar-refractivity contribution is 5.77. The van der Waals surface area contributed by atoms with Crippen LogP contribution < -0.4 is 5.32 Å². The number of H-pyrrole nitrogens is 1. The molecule has 4 aromatic heterocycles. The first kappa shape index (κ1) is 41.4. The predicted molar refractivity (Wildman–Crippen MR) is 215 cm³/mol. The number of aromatic nitrogens is 8. The quantitative estimate of drug-likeness (QED) is 0.185. The second kappa shape index (κ2) is 14.5. The van der Waals surface area contributed by atoms with Crippen molar-refractivity contribution >= 4 is 11.0 Å². The zero-order valence-electron chi connectivity index (χ0n) is 36.0. The molecule has 0 aromatic carbocycles. The minimum Gasteiger partial charge on any atom is -0.312 e. The van der Waals surface area contributed by atoms with E-state index < -0.39 is 0 Å². The number of nitrogens with zero attached hydrogens (tertiary/aromatic N) is 7. The van der Waals surface area contributed by atoms with Crippen molar-refractivity contribution in [3.63, 3.8) is 0 Å². The predicted octanol–water partition coefficient (Wildman–Crippen LogP) is 9.23. The number of hydrogen-bond donors (Lipinski definition) is 2. The first-order chi connectivity index (χ1) is 23.6. The topological polar surface area (TPSA) is 118 Å². The van der Waals surface area contributed by atoms with Crippen molar-refractivity contribution in [2.45, 2.75) is 189 Å². The van der Waals surface area contributed by atoms with Gasteiger partial charge in [-0.1, -0.05) is 125 Å². The van der Waals surface area contributed by atoms with Crippen molar-refractivity contribution in [1.82, 2.24) is 45.4 Å². The molecule has 1 aliphatic heterocycles. The lowest BCUT2D eigenvalue weighted by Gasteiger charge is -2.29. The lowest BCUT2D eigenvalue weighted by atomic mass is 9.85. The van der Waals surface area contributed by atoms with Crippen LogP contribution in [-0.2, 0) is 58.3 Å². The monoisotopic (exact) mass is 712 g/mol. The Bertz CT molecular complexity index is 1860. The molecule has 1 aliphatic carbocycles. The molecule has 5 heterocycles. The van der Waals surface area contributed by atoms with Crippen molar-refractivity contribution in [3.8, 4) is 0 Å². The van der Waals surface area contributed by atoms with Gasteiger partial charge in [-0.25, -0.2) is 29.9 Å². The maximum atomic E-state index is 4.88. The van der Waals surface area contributed by atoms with Gasteiger partial charge in [0.15, 0.2) is 5.65 Å². The van der Waals surface area contributed by atoms with Crippen molar-refractivity contribution in [2.75, 3.05) is 6.54 Å². The Hall–Kier alpha value is -3.33. The van der Waals surface area contributed by atoms with Crippen LogP contribution in [0.25, 0.3) is 11.0 Å². The lowest BCUT2D eigenvalue weighted by molar-refractivity contribution is 0.488. The number of rotatable bonds is 0. The zero-order valence-corrected chi connectivity index (χ0v) is 36.0. The lowest BCUT2D eigenvalue weighted by Crippen LogP contribution is -2.32. The van der Waals surface area contributed by atoms with Crippen LogP contribution >= 0.6 is 0 Å². The van der Waals surface area contributed by atoms with Crippen LogP contribution in [-0.4, -0.2) is 46.6 Å². The molecule has 0 unspecified atom stereocenters. The smallest absolute Gasteiger partial charge is 0.159 e. The molecule has 2 N–H and O–H groups in total. The minimum absolute atomic E-state index is 0.00887. The Balaban J connectivity index is 0.000000175. The molecule has 0 radical (unpaired) electrons. The molecule has 0 spiro atoms. The van der Waals surface area contributed by atoms with E-state index in [1.165, 1.54) is 40.3 Å². The van der Waals surface area contributed by atoms with Crippen molar-refractivity contribution in [1.29, 1.82) is 0 Å². The van der Waals surface area contributed by atoms with Crippen LogP contribution in [0.1, 0.15) is 188 Å². The SMILES string of the molecule is CC(C)(C)c1nc(C(C)(C)C)c2cn[nH]c2n1.CC(C)(C)c1nc2c(c(C(C)(C)C)n1)CCC2.CC(C)(C)c1nc2c(c(C(C)(C)C)n1)CNCC2. The molecular weight excluding hydrogens is 643 g/mol. The van der Waals surface area contributed by atoms with Gasteiger partial charge >= 0.3 is 0 Å². The molecule has 0 bridgehead atoms. The van der Waals surface area contributed by atoms with Crippen molar-refractivity contribution < 1.29 is 0 Å². The van der Waals surface area contributed by atoms with E-state index in [1.54, 1.807) is 0 Å². The summed E-state index contributed by atoms with van der Waals surface area (Å²) in [5.74, 6) is 2.84. The minimum atomic E-state index is -0.0563. The van der Waals surface area contributed by atoms with Gasteiger partial charge in [0.25, 0.3) is 0 Å². The van der Waals surface area contributed by atoms with Crippen LogP contribution in [0.5, 0.6) is 0 Å². The summed E-state index contributed by atoms with van der Waals surface area (Å²) < 4.78 is 0. The largest absolute Gasteiger partial charge is 0.312 e. The number of fused-ring (bicyclic) bond motifs is 3. The van der Waals surface area contributed by atoms with Gasteiger partial charge in [0.1, 0.15) is 17.5 Å². The van der Waals surface area contributed by atoms with E-state index in [0.717, 1.165) is 66.6 Å². The summed E-state index contributed by atoms with van der Waals surface area (Å²) in [5, 5.41) is 11.5. The summed E-state index contributed by atoms with van der Waals surface area (Å²) >= 11 is 0. The molecule has 9 heteroatoms. The summed E-state index contributed by atoms with van der Waals surface area (Å²) in [4.78, 5) is 28.6. The van der Waals surface area contributed by atoms with E-state index in [0.29, 0.717) is 0 Å². The van der Waals surface area contributed by atoms with E-state index in [-0.39, 0.29) is 32.5 Å².